The average Bonchev–Trinajstić information content (AvgIpc) is 2.37. The van der Waals surface area contributed by atoms with E-state index in [9.17, 15) is 4.79 Å². The molecule has 1 N–H and O–H groups in total. The van der Waals surface area contributed by atoms with Gasteiger partial charge in [-0.1, -0.05) is 48.7 Å². The van der Waals surface area contributed by atoms with Gasteiger partial charge in [0, 0.05) is 17.6 Å². The number of carbonyl (C=O) groups is 1. The largest absolute Gasteiger partial charge is 0.336 e. The zero-order valence-electron chi connectivity index (χ0n) is 10.6. The first-order valence-corrected chi connectivity index (χ1v) is 7.85. The van der Waals surface area contributed by atoms with Crippen LogP contribution in [0, 0.1) is 0 Å². The van der Waals surface area contributed by atoms with Gasteiger partial charge in [-0.2, -0.15) is 0 Å². The van der Waals surface area contributed by atoms with Crippen molar-refractivity contribution >= 4 is 52.5 Å². The summed E-state index contributed by atoms with van der Waals surface area (Å²) in [5, 5.41) is 2.39. The Morgan fingerprint density at radius 3 is 2.68 bits per heavy atom. The quantitative estimate of drug-likeness (QED) is 0.649. The van der Waals surface area contributed by atoms with Gasteiger partial charge in [0.05, 0.1) is 5.56 Å². The summed E-state index contributed by atoms with van der Waals surface area (Å²) in [6, 6.07) is 3.34. The third kappa shape index (κ3) is 5.78. The van der Waals surface area contributed by atoms with Crippen LogP contribution in [0.25, 0.3) is 0 Å². The van der Waals surface area contributed by atoms with Crippen molar-refractivity contribution in [2.24, 2.45) is 0 Å². The Labute approximate surface area is 132 Å². The number of hydrogen-bond donors (Lipinski definition) is 1. The average molecular weight is 342 g/mol. The van der Waals surface area contributed by atoms with Crippen LogP contribution in [0.15, 0.2) is 24.5 Å². The molecule has 1 aromatic heterocycles. The standard InChI is InChI=1S/C12H15Cl3N2OS/c1-3-8(2)19-11(12(13,14)15)17-10(18)9-5-4-6-16-7-9/h4-8,11H,3H2,1-2H3,(H,17,18). The lowest BCUT2D eigenvalue weighted by Gasteiger charge is -2.27. The van der Waals surface area contributed by atoms with E-state index in [2.05, 4.69) is 10.3 Å². The van der Waals surface area contributed by atoms with Gasteiger partial charge in [0.25, 0.3) is 5.91 Å². The molecule has 0 radical (unpaired) electrons. The number of thioether (sulfide) groups is 1. The number of rotatable bonds is 5. The van der Waals surface area contributed by atoms with Crippen LogP contribution >= 0.6 is 46.6 Å². The minimum atomic E-state index is -1.56. The fourth-order valence-electron chi connectivity index (χ4n) is 1.22. The Kier molecular flexibility index (Phi) is 6.74. The summed E-state index contributed by atoms with van der Waals surface area (Å²) in [4.78, 5) is 15.9. The van der Waals surface area contributed by atoms with Gasteiger partial charge in [0.2, 0.25) is 3.79 Å². The summed E-state index contributed by atoms with van der Waals surface area (Å²) >= 11 is 19.2. The van der Waals surface area contributed by atoms with E-state index < -0.39 is 9.17 Å². The summed E-state index contributed by atoms with van der Waals surface area (Å²) in [6.45, 7) is 4.06. The highest BCUT2D eigenvalue weighted by atomic mass is 35.6. The molecule has 0 aliphatic heterocycles. The van der Waals surface area contributed by atoms with Crippen LogP contribution in [-0.2, 0) is 0 Å². The number of carbonyl (C=O) groups excluding carboxylic acids is 1. The lowest BCUT2D eigenvalue weighted by atomic mass is 10.3. The number of alkyl halides is 3. The van der Waals surface area contributed by atoms with Gasteiger partial charge >= 0.3 is 0 Å². The van der Waals surface area contributed by atoms with Crippen molar-refractivity contribution in [3.63, 3.8) is 0 Å². The fraction of sp³-hybridized carbons (Fsp3) is 0.500. The van der Waals surface area contributed by atoms with Crippen molar-refractivity contribution in [2.45, 2.75) is 34.7 Å². The molecule has 2 atom stereocenters. The Hall–Kier alpha value is -0.160. The molecule has 7 heteroatoms. The highest BCUT2D eigenvalue weighted by Gasteiger charge is 2.35. The topological polar surface area (TPSA) is 42.0 Å². The van der Waals surface area contributed by atoms with Crippen molar-refractivity contribution < 1.29 is 4.79 Å². The Bertz CT molecular complexity index is 411. The lowest BCUT2D eigenvalue weighted by Crippen LogP contribution is -2.42. The molecular weight excluding hydrogens is 327 g/mol. The molecule has 106 valence electrons. The predicted octanol–water partition coefficient (Wildman–Crippen LogP) is 4.04. The highest BCUT2D eigenvalue weighted by molar-refractivity contribution is 8.00. The van der Waals surface area contributed by atoms with Gasteiger partial charge in [0.15, 0.2) is 0 Å². The van der Waals surface area contributed by atoms with Crippen molar-refractivity contribution in [1.29, 1.82) is 0 Å². The monoisotopic (exact) mass is 340 g/mol. The molecule has 1 rings (SSSR count). The zero-order valence-corrected chi connectivity index (χ0v) is 13.7. The summed E-state index contributed by atoms with van der Waals surface area (Å²) < 4.78 is -1.56. The van der Waals surface area contributed by atoms with E-state index in [1.54, 1.807) is 18.3 Å². The normalized spacial score (nSPS) is 14.8. The molecule has 0 saturated carbocycles. The Morgan fingerprint density at radius 2 is 2.21 bits per heavy atom. The van der Waals surface area contributed by atoms with Gasteiger partial charge in [-0.25, -0.2) is 0 Å². The second-order valence-corrected chi connectivity index (χ2v) is 7.91. The van der Waals surface area contributed by atoms with E-state index in [1.807, 2.05) is 13.8 Å². The smallest absolute Gasteiger partial charge is 0.253 e. The zero-order chi connectivity index (χ0) is 14.5. The molecule has 0 aliphatic carbocycles. The molecule has 3 nitrogen and oxygen atoms in total. The SMILES string of the molecule is CCC(C)SC(NC(=O)c1cccnc1)C(Cl)(Cl)Cl. The highest BCUT2D eigenvalue weighted by Crippen LogP contribution is 2.38. The van der Waals surface area contributed by atoms with Crippen LogP contribution in [0.2, 0.25) is 0 Å². The van der Waals surface area contributed by atoms with Crippen molar-refractivity contribution in [1.82, 2.24) is 10.3 Å². The molecule has 0 aliphatic rings. The summed E-state index contributed by atoms with van der Waals surface area (Å²) in [5.74, 6) is -0.305. The van der Waals surface area contributed by atoms with Gasteiger partial charge in [-0.3, -0.25) is 9.78 Å². The number of amides is 1. The molecule has 0 aromatic carbocycles. The molecule has 0 saturated heterocycles. The Balaban J connectivity index is 2.75. The Morgan fingerprint density at radius 1 is 1.53 bits per heavy atom. The number of nitrogens with zero attached hydrogens (tertiary/aromatic N) is 1. The second kappa shape index (κ2) is 7.58. The van der Waals surface area contributed by atoms with Gasteiger partial charge in [-0.05, 0) is 18.6 Å². The van der Waals surface area contributed by atoms with E-state index in [0.717, 1.165) is 6.42 Å². The van der Waals surface area contributed by atoms with E-state index >= 15 is 0 Å². The first-order chi connectivity index (χ1) is 8.84. The lowest BCUT2D eigenvalue weighted by molar-refractivity contribution is 0.0949. The van der Waals surface area contributed by atoms with Crippen molar-refractivity contribution in [3.05, 3.63) is 30.1 Å². The van der Waals surface area contributed by atoms with Crippen LogP contribution in [-0.4, -0.2) is 25.3 Å². The fourth-order valence-corrected chi connectivity index (χ4v) is 2.83. The second-order valence-electron chi connectivity index (χ2n) is 3.99. The van der Waals surface area contributed by atoms with E-state index in [4.69, 9.17) is 34.8 Å². The van der Waals surface area contributed by atoms with E-state index in [-0.39, 0.29) is 11.2 Å². The van der Waals surface area contributed by atoms with E-state index in [1.165, 1.54) is 18.0 Å². The molecule has 1 amide bonds. The van der Waals surface area contributed by atoms with E-state index in [0.29, 0.717) is 5.56 Å². The van der Waals surface area contributed by atoms with Gasteiger partial charge in [-0.15, -0.1) is 11.8 Å². The minimum absolute atomic E-state index is 0.273. The molecule has 19 heavy (non-hydrogen) atoms. The first kappa shape index (κ1) is 16.9. The van der Waals surface area contributed by atoms with Gasteiger partial charge < -0.3 is 5.32 Å². The van der Waals surface area contributed by atoms with Gasteiger partial charge in [0.1, 0.15) is 5.37 Å². The minimum Gasteiger partial charge on any atom is -0.336 e. The maximum atomic E-state index is 12.0. The number of nitrogens with one attached hydrogen (secondary N) is 1. The molecule has 0 bridgehead atoms. The first-order valence-electron chi connectivity index (χ1n) is 5.77. The molecule has 2 unspecified atom stereocenters. The molecular formula is C12H15Cl3N2OS. The molecule has 0 fully saturated rings. The maximum absolute atomic E-state index is 12.0. The third-order valence-electron chi connectivity index (χ3n) is 2.43. The number of halogens is 3. The summed E-state index contributed by atoms with van der Waals surface area (Å²) in [6.07, 6.45) is 3.99. The van der Waals surface area contributed by atoms with Crippen LogP contribution in [0.3, 0.4) is 0 Å². The summed E-state index contributed by atoms with van der Waals surface area (Å²) in [5.41, 5.74) is 0.437. The number of hydrogen-bond acceptors (Lipinski definition) is 3. The molecule has 0 spiro atoms. The maximum Gasteiger partial charge on any atom is 0.253 e. The van der Waals surface area contributed by atoms with Crippen LogP contribution in [0.5, 0.6) is 0 Å². The third-order valence-corrected chi connectivity index (χ3v) is 5.01. The van der Waals surface area contributed by atoms with Crippen molar-refractivity contribution in [3.8, 4) is 0 Å². The van der Waals surface area contributed by atoms with Crippen LogP contribution < -0.4 is 5.32 Å². The number of aromatic nitrogens is 1. The molecule has 1 aromatic rings. The van der Waals surface area contributed by atoms with Crippen molar-refractivity contribution in [2.75, 3.05) is 0 Å². The predicted molar refractivity (Wildman–Crippen MR) is 83.1 cm³/mol. The number of pyridine rings is 1. The van der Waals surface area contributed by atoms with Crippen LogP contribution in [0.1, 0.15) is 30.6 Å². The summed E-state index contributed by atoms with van der Waals surface area (Å²) in [7, 11) is 0. The van der Waals surface area contributed by atoms with Crippen LogP contribution in [0.4, 0.5) is 0 Å². The molecule has 1 heterocycles.